The van der Waals surface area contributed by atoms with Crippen LogP contribution in [0.1, 0.15) is 49.5 Å². The summed E-state index contributed by atoms with van der Waals surface area (Å²) in [7, 11) is 0. The maximum absolute atomic E-state index is 12.1. The molecular formula is C25H32O12. The minimum Gasteiger partial charge on any atom is -0.481 e. The molecule has 0 aliphatic carbocycles. The molecule has 5 N–H and O–H groups in total. The first-order valence-corrected chi connectivity index (χ1v) is 11.6. The highest BCUT2D eigenvalue weighted by Gasteiger charge is 2.46. The van der Waals surface area contributed by atoms with Crippen LogP contribution in [0, 0.1) is 0 Å². The van der Waals surface area contributed by atoms with Crippen LogP contribution in [-0.4, -0.2) is 98.4 Å². The lowest BCUT2D eigenvalue weighted by Crippen LogP contribution is -2.60. The van der Waals surface area contributed by atoms with Crippen molar-refractivity contribution in [1.29, 1.82) is 0 Å². The summed E-state index contributed by atoms with van der Waals surface area (Å²) in [4.78, 5) is 34.4. The lowest BCUT2D eigenvalue weighted by Gasteiger charge is -2.41. The van der Waals surface area contributed by atoms with Crippen LogP contribution in [0.25, 0.3) is 6.08 Å². The van der Waals surface area contributed by atoms with E-state index in [1.165, 1.54) is 13.8 Å². The Balaban J connectivity index is 1.59. The van der Waals surface area contributed by atoms with Crippen molar-refractivity contribution < 1.29 is 58.9 Å². The van der Waals surface area contributed by atoms with Crippen molar-refractivity contribution >= 4 is 23.8 Å². The van der Waals surface area contributed by atoms with Gasteiger partial charge in [-0.25, -0.2) is 0 Å². The van der Waals surface area contributed by atoms with Crippen molar-refractivity contribution in [2.45, 2.75) is 75.5 Å². The average Bonchev–Trinajstić information content (AvgIpc) is 2.79. The van der Waals surface area contributed by atoms with Gasteiger partial charge in [0.2, 0.25) is 0 Å². The fourth-order valence-corrected chi connectivity index (χ4v) is 3.98. The Morgan fingerprint density at radius 1 is 1.11 bits per heavy atom. The molecule has 3 rings (SSSR count). The predicted molar refractivity (Wildman–Crippen MR) is 126 cm³/mol. The third-order valence-electron chi connectivity index (χ3n) is 6.04. The van der Waals surface area contributed by atoms with Crippen molar-refractivity contribution in [2.75, 3.05) is 13.2 Å². The van der Waals surface area contributed by atoms with Crippen LogP contribution in [-0.2, 0) is 23.8 Å². The van der Waals surface area contributed by atoms with Gasteiger partial charge in [-0.3, -0.25) is 14.4 Å². The molecule has 0 radical (unpaired) electrons. The van der Waals surface area contributed by atoms with Crippen LogP contribution in [0.5, 0.6) is 5.75 Å². The number of carboxylic acids is 1. The van der Waals surface area contributed by atoms with Crippen LogP contribution < -0.4 is 4.74 Å². The van der Waals surface area contributed by atoms with Crippen molar-refractivity contribution in [3.63, 3.8) is 0 Å². The van der Waals surface area contributed by atoms with E-state index in [4.69, 9.17) is 24.1 Å². The van der Waals surface area contributed by atoms with Gasteiger partial charge in [-0.1, -0.05) is 6.08 Å². The molecule has 1 aromatic carbocycles. The normalized spacial score (nSPS) is 30.5. The molecule has 2 aliphatic rings. The molecule has 1 saturated heterocycles. The summed E-state index contributed by atoms with van der Waals surface area (Å²) in [6, 6.07) is 5.01. The van der Waals surface area contributed by atoms with Crippen molar-refractivity contribution in [3.8, 4) is 5.75 Å². The minimum absolute atomic E-state index is 0.0806. The summed E-state index contributed by atoms with van der Waals surface area (Å²) in [6.45, 7) is 3.67. The van der Waals surface area contributed by atoms with Crippen molar-refractivity contribution in [1.82, 2.24) is 0 Å². The molecule has 12 nitrogen and oxygen atoms in total. The van der Waals surface area contributed by atoms with E-state index in [0.29, 0.717) is 16.9 Å². The Bertz CT molecular complexity index is 1050. The molecule has 1 aromatic rings. The number of esters is 1. The molecule has 7 atom stereocenters. The molecule has 0 amide bonds. The number of rotatable bonds is 10. The first-order chi connectivity index (χ1) is 17.2. The second-order valence-corrected chi connectivity index (χ2v) is 9.81. The monoisotopic (exact) mass is 524 g/mol. The number of carbonyl (C=O) groups excluding carboxylic acids is 2. The lowest BCUT2D eigenvalue weighted by atomic mass is 9.97. The van der Waals surface area contributed by atoms with Gasteiger partial charge in [-0.2, -0.15) is 0 Å². The van der Waals surface area contributed by atoms with Gasteiger partial charge in [0, 0.05) is 11.1 Å². The zero-order valence-corrected chi connectivity index (χ0v) is 20.7. The summed E-state index contributed by atoms with van der Waals surface area (Å²) in [5.74, 6) is -1.80. The van der Waals surface area contributed by atoms with Gasteiger partial charge in [0.05, 0.1) is 25.0 Å². The number of ether oxygens (including phenoxy) is 4. The van der Waals surface area contributed by atoms with E-state index >= 15 is 0 Å². The molecular weight excluding hydrogens is 492 g/mol. The zero-order valence-electron chi connectivity index (χ0n) is 20.7. The molecule has 0 unspecified atom stereocenters. The van der Waals surface area contributed by atoms with Crippen LogP contribution in [0.4, 0.5) is 0 Å². The topological polar surface area (TPSA) is 189 Å². The number of carbonyl (C=O) groups is 3. The van der Waals surface area contributed by atoms with Crippen molar-refractivity contribution in [3.05, 3.63) is 35.4 Å². The Kier molecular flexibility index (Phi) is 8.73. The highest BCUT2D eigenvalue weighted by Crippen LogP contribution is 2.33. The SMILES string of the molecule is CC(=O)c1ccc2c(c1)C=C[C@](C)(CO[C@@H]1O[C@H](COC(=O)C[C@@](C)(O)CC(=O)O)[C@@H](O)[C@H](O)[C@H]1O)O2. The van der Waals surface area contributed by atoms with E-state index in [1.54, 1.807) is 37.3 Å². The number of aliphatic hydroxyl groups excluding tert-OH is 3. The van der Waals surface area contributed by atoms with Gasteiger partial charge in [0.1, 0.15) is 42.4 Å². The summed E-state index contributed by atoms with van der Waals surface area (Å²) in [5.41, 5.74) is -1.59. The van der Waals surface area contributed by atoms with Gasteiger partial charge >= 0.3 is 11.9 Å². The molecule has 2 aliphatic heterocycles. The smallest absolute Gasteiger partial charge is 0.308 e. The van der Waals surface area contributed by atoms with E-state index in [9.17, 15) is 34.8 Å². The maximum Gasteiger partial charge on any atom is 0.308 e. The van der Waals surface area contributed by atoms with E-state index in [2.05, 4.69) is 0 Å². The first-order valence-electron chi connectivity index (χ1n) is 11.6. The summed E-state index contributed by atoms with van der Waals surface area (Å²) < 4.78 is 22.2. The molecule has 1 fully saturated rings. The molecule has 0 bridgehead atoms. The van der Waals surface area contributed by atoms with Gasteiger partial charge in [0.15, 0.2) is 12.1 Å². The quantitative estimate of drug-likeness (QED) is 0.204. The molecule has 0 spiro atoms. The first kappa shape index (κ1) is 28.7. The Morgan fingerprint density at radius 3 is 2.46 bits per heavy atom. The molecule has 2 heterocycles. The van der Waals surface area contributed by atoms with Gasteiger partial charge in [-0.05, 0) is 45.0 Å². The third-order valence-corrected chi connectivity index (χ3v) is 6.04. The predicted octanol–water partition coefficient (Wildman–Crippen LogP) is 0.0367. The number of aliphatic carboxylic acids is 1. The number of aliphatic hydroxyl groups is 4. The molecule has 12 heteroatoms. The van der Waals surface area contributed by atoms with E-state index in [-0.39, 0.29) is 12.4 Å². The molecule has 0 saturated carbocycles. The van der Waals surface area contributed by atoms with Crippen LogP contribution in [0.3, 0.4) is 0 Å². The standard InChI is InChI=1S/C25H32O12/c1-13(26)14-4-5-16-15(8-14)6-7-25(3,37-16)12-35-23-22(32)21(31)20(30)17(36-23)11-34-19(29)10-24(2,33)9-18(27)28/h4-8,17,20-23,30-33H,9-12H2,1-3H3,(H,27,28)/t17-,20-,21+,22-,23-,24+,25-/m1/s1. The average molecular weight is 525 g/mol. The van der Waals surface area contributed by atoms with E-state index in [0.717, 1.165) is 0 Å². The number of hydrogen-bond acceptors (Lipinski definition) is 11. The van der Waals surface area contributed by atoms with E-state index < -0.39 is 73.3 Å². The third kappa shape index (κ3) is 7.34. The van der Waals surface area contributed by atoms with E-state index in [1.807, 2.05) is 0 Å². The Hall–Kier alpha value is -2.87. The number of fused-ring (bicyclic) bond motifs is 1. The Labute approximate surface area is 213 Å². The lowest BCUT2D eigenvalue weighted by molar-refractivity contribution is -0.306. The zero-order chi connectivity index (χ0) is 27.5. The minimum atomic E-state index is -1.84. The van der Waals surface area contributed by atoms with Gasteiger partial charge in [-0.15, -0.1) is 0 Å². The van der Waals surface area contributed by atoms with Crippen LogP contribution >= 0.6 is 0 Å². The number of benzene rings is 1. The summed E-state index contributed by atoms with van der Waals surface area (Å²) >= 11 is 0. The number of ketones is 1. The number of carboxylic acid groups (broad SMARTS) is 1. The molecule has 204 valence electrons. The number of Topliss-reactive ketones (excluding diaryl/α,β-unsaturated/α-hetero) is 1. The van der Waals surface area contributed by atoms with Crippen molar-refractivity contribution in [2.24, 2.45) is 0 Å². The second kappa shape index (κ2) is 11.3. The fraction of sp³-hybridized carbons (Fsp3) is 0.560. The summed E-state index contributed by atoms with van der Waals surface area (Å²) in [6.07, 6.45) is -5.43. The fourth-order valence-electron chi connectivity index (χ4n) is 3.98. The van der Waals surface area contributed by atoms with Crippen LogP contribution in [0.2, 0.25) is 0 Å². The van der Waals surface area contributed by atoms with Gasteiger partial charge in [0.25, 0.3) is 0 Å². The molecule has 37 heavy (non-hydrogen) atoms. The largest absolute Gasteiger partial charge is 0.481 e. The molecule has 0 aromatic heterocycles. The summed E-state index contributed by atoms with van der Waals surface area (Å²) in [5, 5.41) is 49.7. The highest BCUT2D eigenvalue weighted by molar-refractivity contribution is 5.95. The van der Waals surface area contributed by atoms with Gasteiger partial charge < -0.3 is 44.5 Å². The number of hydrogen-bond donors (Lipinski definition) is 5. The second-order valence-electron chi connectivity index (χ2n) is 9.81. The highest BCUT2D eigenvalue weighted by atomic mass is 16.7. The maximum atomic E-state index is 12.1. The Morgan fingerprint density at radius 2 is 1.81 bits per heavy atom. The van der Waals surface area contributed by atoms with Crippen LogP contribution in [0.15, 0.2) is 24.3 Å².